The van der Waals surface area contributed by atoms with Crippen LogP contribution in [0.25, 0.3) is 0 Å². The molecule has 0 aliphatic carbocycles. The first-order valence-electron chi connectivity index (χ1n) is 5.24. The van der Waals surface area contributed by atoms with Crippen molar-refractivity contribution >= 4 is 33.8 Å². The van der Waals surface area contributed by atoms with Gasteiger partial charge in [0, 0.05) is 40.1 Å². The van der Waals surface area contributed by atoms with E-state index in [4.69, 9.17) is 18.0 Å². The summed E-state index contributed by atoms with van der Waals surface area (Å²) in [5, 5.41) is 3.22. The van der Waals surface area contributed by atoms with Crippen molar-refractivity contribution in [2.75, 3.05) is 18.1 Å². The molecule has 1 aromatic rings. The predicted octanol–water partition coefficient (Wildman–Crippen LogP) is 1.20. The van der Waals surface area contributed by atoms with Gasteiger partial charge in [-0.25, -0.2) is 4.98 Å². The molecule has 0 radical (unpaired) electrons. The lowest BCUT2D eigenvalue weighted by Crippen LogP contribution is -2.21. The van der Waals surface area contributed by atoms with Gasteiger partial charge >= 0.3 is 0 Å². The lowest BCUT2D eigenvalue weighted by atomic mass is 10.2. The van der Waals surface area contributed by atoms with Crippen LogP contribution in [0.5, 0.6) is 0 Å². The van der Waals surface area contributed by atoms with Gasteiger partial charge in [-0.1, -0.05) is 12.2 Å². The van der Waals surface area contributed by atoms with E-state index in [1.807, 2.05) is 19.9 Å². The summed E-state index contributed by atoms with van der Waals surface area (Å²) in [6.07, 6.45) is 1.69. The molecule has 17 heavy (non-hydrogen) atoms. The summed E-state index contributed by atoms with van der Waals surface area (Å²) in [5.74, 6) is 0.713. The fourth-order valence-corrected chi connectivity index (χ4v) is 1.70. The summed E-state index contributed by atoms with van der Waals surface area (Å²) in [6.45, 7) is 4.41. The number of anilines is 1. The lowest BCUT2D eigenvalue weighted by Gasteiger charge is -2.12. The van der Waals surface area contributed by atoms with Gasteiger partial charge in [-0.3, -0.25) is 4.21 Å². The second-order valence-electron chi connectivity index (χ2n) is 3.94. The first-order valence-corrected chi connectivity index (χ1v) is 7.27. The van der Waals surface area contributed by atoms with Gasteiger partial charge in [-0.15, -0.1) is 0 Å². The first kappa shape index (κ1) is 14.1. The van der Waals surface area contributed by atoms with Crippen LogP contribution in [0.2, 0.25) is 0 Å². The number of rotatable bonds is 5. The van der Waals surface area contributed by atoms with E-state index in [1.165, 1.54) is 0 Å². The third-order valence-corrected chi connectivity index (χ3v) is 3.91. The highest BCUT2D eigenvalue weighted by molar-refractivity contribution is 7.84. The van der Waals surface area contributed by atoms with Crippen molar-refractivity contribution in [1.82, 2.24) is 4.98 Å². The fourth-order valence-electron chi connectivity index (χ4n) is 1.27. The smallest absolute Gasteiger partial charge is 0.126 e. The van der Waals surface area contributed by atoms with Crippen molar-refractivity contribution in [3.63, 3.8) is 0 Å². The number of thiocarbonyl (C=S) groups is 1. The molecule has 1 rings (SSSR count). The molecule has 0 fully saturated rings. The Morgan fingerprint density at radius 2 is 2.29 bits per heavy atom. The largest absolute Gasteiger partial charge is 0.389 e. The zero-order valence-corrected chi connectivity index (χ0v) is 11.8. The van der Waals surface area contributed by atoms with E-state index < -0.39 is 10.8 Å². The molecule has 0 amide bonds. The molecule has 2 atom stereocenters. The summed E-state index contributed by atoms with van der Waals surface area (Å²) in [4.78, 5) is 4.67. The Hall–Kier alpha value is -1.01. The minimum Gasteiger partial charge on any atom is -0.389 e. The predicted molar refractivity (Wildman–Crippen MR) is 76.9 cm³/mol. The average molecular weight is 271 g/mol. The number of hydrogen-bond acceptors (Lipinski definition) is 4. The molecule has 94 valence electrons. The molecule has 1 aromatic heterocycles. The molecular weight excluding hydrogens is 254 g/mol. The second kappa shape index (κ2) is 6.07. The Bertz CT molecular complexity index is 448. The SMILES string of the molecule is Cc1cc(C(N)=S)cc(NCC(C)S(C)=O)n1. The maximum absolute atomic E-state index is 11.2. The normalized spacial score (nSPS) is 14.1. The molecule has 2 unspecified atom stereocenters. The molecule has 0 spiro atoms. The van der Waals surface area contributed by atoms with Crippen LogP contribution in [0.1, 0.15) is 18.2 Å². The van der Waals surface area contributed by atoms with Crippen LogP contribution in [0.4, 0.5) is 5.82 Å². The molecule has 1 heterocycles. The molecule has 6 heteroatoms. The van der Waals surface area contributed by atoms with Gasteiger partial charge in [0.1, 0.15) is 10.8 Å². The first-order chi connectivity index (χ1) is 7.90. The van der Waals surface area contributed by atoms with Crippen molar-refractivity contribution in [1.29, 1.82) is 0 Å². The highest BCUT2D eigenvalue weighted by Crippen LogP contribution is 2.10. The average Bonchev–Trinajstić information content (AvgIpc) is 2.24. The Morgan fingerprint density at radius 1 is 1.65 bits per heavy atom. The number of hydrogen-bond donors (Lipinski definition) is 2. The van der Waals surface area contributed by atoms with Crippen molar-refractivity contribution in [3.05, 3.63) is 23.4 Å². The van der Waals surface area contributed by atoms with E-state index in [-0.39, 0.29) is 5.25 Å². The fraction of sp³-hybridized carbons (Fsp3) is 0.455. The molecule has 0 aliphatic rings. The van der Waals surface area contributed by atoms with Crippen LogP contribution < -0.4 is 11.1 Å². The Morgan fingerprint density at radius 3 is 2.82 bits per heavy atom. The van der Waals surface area contributed by atoms with Crippen LogP contribution >= 0.6 is 12.2 Å². The van der Waals surface area contributed by atoms with Crippen LogP contribution in [0, 0.1) is 6.92 Å². The second-order valence-corrected chi connectivity index (χ2v) is 6.18. The van der Waals surface area contributed by atoms with Crippen LogP contribution in [0.15, 0.2) is 12.1 Å². The third kappa shape index (κ3) is 4.40. The summed E-state index contributed by atoms with van der Waals surface area (Å²) >= 11 is 4.93. The van der Waals surface area contributed by atoms with E-state index in [9.17, 15) is 4.21 Å². The molecule has 0 aromatic carbocycles. The molecule has 4 nitrogen and oxygen atoms in total. The Kier molecular flexibility index (Phi) is 5.02. The highest BCUT2D eigenvalue weighted by Gasteiger charge is 2.07. The highest BCUT2D eigenvalue weighted by atomic mass is 32.2. The number of nitrogens with zero attached hydrogens (tertiary/aromatic N) is 1. The summed E-state index contributed by atoms with van der Waals surface area (Å²) in [7, 11) is -0.844. The van der Waals surface area contributed by atoms with Gasteiger partial charge in [0.2, 0.25) is 0 Å². The Labute approximate surface area is 109 Å². The van der Waals surface area contributed by atoms with E-state index in [2.05, 4.69) is 10.3 Å². The zero-order valence-electron chi connectivity index (χ0n) is 10.2. The molecule has 0 saturated carbocycles. The van der Waals surface area contributed by atoms with E-state index in [0.717, 1.165) is 11.3 Å². The topological polar surface area (TPSA) is 68.0 Å². The Balaban J connectivity index is 2.78. The van der Waals surface area contributed by atoms with E-state index in [1.54, 1.807) is 12.3 Å². The third-order valence-electron chi connectivity index (χ3n) is 2.38. The number of pyridine rings is 1. The van der Waals surface area contributed by atoms with Gasteiger partial charge in [0.15, 0.2) is 0 Å². The monoisotopic (exact) mass is 271 g/mol. The minimum absolute atomic E-state index is 0.0746. The maximum Gasteiger partial charge on any atom is 0.126 e. The maximum atomic E-state index is 11.2. The summed E-state index contributed by atoms with van der Waals surface area (Å²) in [6, 6.07) is 3.65. The minimum atomic E-state index is -0.844. The van der Waals surface area contributed by atoms with E-state index >= 15 is 0 Å². The number of aromatic nitrogens is 1. The lowest BCUT2D eigenvalue weighted by molar-refractivity contribution is 0.679. The van der Waals surface area contributed by atoms with Crippen molar-refractivity contribution in [2.24, 2.45) is 5.73 Å². The molecule has 0 saturated heterocycles. The molecule has 0 bridgehead atoms. The number of aryl methyl sites for hydroxylation is 1. The van der Waals surface area contributed by atoms with Gasteiger partial charge in [0.25, 0.3) is 0 Å². The van der Waals surface area contributed by atoms with Crippen LogP contribution in [0.3, 0.4) is 0 Å². The number of nitrogens with two attached hydrogens (primary N) is 1. The standard InChI is InChI=1S/C11H17N3OS2/c1-7-4-9(11(12)16)5-10(14-7)13-6-8(2)17(3)15/h4-5,8H,6H2,1-3H3,(H2,12,16)(H,13,14). The van der Waals surface area contributed by atoms with Gasteiger partial charge in [-0.05, 0) is 26.0 Å². The van der Waals surface area contributed by atoms with Crippen molar-refractivity contribution in [3.8, 4) is 0 Å². The van der Waals surface area contributed by atoms with Crippen molar-refractivity contribution < 1.29 is 4.21 Å². The molecule has 0 aliphatic heterocycles. The summed E-state index contributed by atoms with van der Waals surface area (Å²) in [5.41, 5.74) is 7.22. The van der Waals surface area contributed by atoms with Crippen molar-refractivity contribution in [2.45, 2.75) is 19.1 Å². The quantitative estimate of drug-likeness (QED) is 0.788. The van der Waals surface area contributed by atoms with Gasteiger partial charge in [0.05, 0.1) is 0 Å². The van der Waals surface area contributed by atoms with Crippen LogP contribution in [-0.4, -0.2) is 32.2 Å². The zero-order chi connectivity index (χ0) is 13.0. The van der Waals surface area contributed by atoms with E-state index in [0.29, 0.717) is 17.4 Å². The molecular formula is C11H17N3OS2. The molecule has 3 N–H and O–H groups in total. The number of nitrogens with one attached hydrogen (secondary N) is 1. The van der Waals surface area contributed by atoms with Gasteiger partial charge < -0.3 is 11.1 Å². The van der Waals surface area contributed by atoms with Gasteiger partial charge in [-0.2, -0.15) is 0 Å². The summed E-state index contributed by atoms with van der Waals surface area (Å²) < 4.78 is 11.2. The van der Waals surface area contributed by atoms with Crippen LogP contribution in [-0.2, 0) is 10.8 Å².